The van der Waals surface area contributed by atoms with Gasteiger partial charge in [-0.05, 0) is 88.1 Å². The summed E-state index contributed by atoms with van der Waals surface area (Å²) in [5.74, 6) is -0.00119. The van der Waals surface area contributed by atoms with Gasteiger partial charge in [-0.2, -0.15) is 0 Å². The van der Waals surface area contributed by atoms with Gasteiger partial charge in [0.15, 0.2) is 6.10 Å². The Bertz CT molecular complexity index is 1760. The lowest BCUT2D eigenvalue weighted by Gasteiger charge is -2.41. The van der Waals surface area contributed by atoms with Crippen LogP contribution in [0.5, 0.6) is 0 Å². The highest BCUT2D eigenvalue weighted by Crippen LogP contribution is 2.45. The molecule has 8 nitrogen and oxygen atoms in total. The van der Waals surface area contributed by atoms with Gasteiger partial charge < -0.3 is 24.2 Å². The van der Waals surface area contributed by atoms with Gasteiger partial charge in [0, 0.05) is 55.7 Å². The van der Waals surface area contributed by atoms with E-state index in [0.29, 0.717) is 11.3 Å². The Morgan fingerprint density at radius 1 is 0.956 bits per heavy atom. The molecule has 0 radical (unpaired) electrons. The van der Waals surface area contributed by atoms with Crippen LogP contribution in [0.25, 0.3) is 22.2 Å². The van der Waals surface area contributed by atoms with Gasteiger partial charge in [-0.25, -0.2) is 9.78 Å². The summed E-state index contributed by atoms with van der Waals surface area (Å²) in [6, 6.07) is 15.0. The maximum atomic E-state index is 12.8. The average molecular weight is 610 g/mol. The minimum Gasteiger partial charge on any atom is -0.479 e. The summed E-state index contributed by atoms with van der Waals surface area (Å²) in [5.41, 5.74) is 9.71. The van der Waals surface area contributed by atoms with Gasteiger partial charge in [-0.15, -0.1) is 0 Å². The fourth-order valence-corrected chi connectivity index (χ4v) is 7.05. The second-order valence-electron chi connectivity index (χ2n) is 14.6. The van der Waals surface area contributed by atoms with E-state index in [-0.39, 0.29) is 5.41 Å². The number of ether oxygens (including phenoxy) is 1. The van der Waals surface area contributed by atoms with E-state index in [9.17, 15) is 9.90 Å². The van der Waals surface area contributed by atoms with Gasteiger partial charge in [0.05, 0.1) is 22.3 Å². The number of imidazole rings is 1. The molecular weight excluding hydrogens is 562 g/mol. The van der Waals surface area contributed by atoms with Gasteiger partial charge >= 0.3 is 5.97 Å². The first-order valence-corrected chi connectivity index (χ1v) is 16.2. The van der Waals surface area contributed by atoms with Crippen molar-refractivity contribution < 1.29 is 14.6 Å². The molecule has 1 saturated heterocycles. The molecule has 2 aliphatic rings. The third kappa shape index (κ3) is 6.05. The molecule has 0 unspecified atom stereocenters. The van der Waals surface area contributed by atoms with Gasteiger partial charge in [0.25, 0.3) is 0 Å². The van der Waals surface area contributed by atoms with Crippen LogP contribution in [-0.2, 0) is 29.5 Å². The van der Waals surface area contributed by atoms with Crippen LogP contribution < -0.4 is 9.80 Å². The standard InChI is InChI=1S/C37H47N5O3/c1-23-30(26-13-14-27-22-42(18-15-25(27)21-26)35-39-28-11-9-10-12-29(28)40(35)8)32(41-19-16-37(6,7)17-20-41)31(24(2)38-23)33(34(43)44)45-36(3,4)5/h9-14,21,33H,15-20,22H2,1-8H3,(H,43,44)/t33-/m0/s1. The molecule has 0 amide bonds. The zero-order valence-electron chi connectivity index (χ0n) is 28.1. The maximum absolute atomic E-state index is 12.8. The highest BCUT2D eigenvalue weighted by molar-refractivity contribution is 5.88. The van der Waals surface area contributed by atoms with Crippen LogP contribution in [0.4, 0.5) is 11.6 Å². The number of hydrogen-bond acceptors (Lipinski definition) is 6. The third-order valence-corrected chi connectivity index (χ3v) is 9.52. The summed E-state index contributed by atoms with van der Waals surface area (Å²) in [5, 5.41) is 10.5. The van der Waals surface area contributed by atoms with Gasteiger partial charge in [-0.3, -0.25) is 4.98 Å². The van der Waals surface area contributed by atoms with E-state index < -0.39 is 17.7 Å². The molecule has 0 bridgehead atoms. The quantitative estimate of drug-likeness (QED) is 0.244. The summed E-state index contributed by atoms with van der Waals surface area (Å²) < 4.78 is 8.45. The molecule has 1 N–H and O–H groups in total. The first-order valence-electron chi connectivity index (χ1n) is 16.2. The number of carboxylic acid groups (broad SMARTS) is 1. The van der Waals surface area contributed by atoms with E-state index >= 15 is 0 Å². The van der Waals surface area contributed by atoms with Crippen molar-refractivity contribution in [2.24, 2.45) is 12.5 Å². The summed E-state index contributed by atoms with van der Waals surface area (Å²) in [4.78, 5) is 27.5. The zero-order valence-corrected chi connectivity index (χ0v) is 28.1. The van der Waals surface area contributed by atoms with Crippen LogP contribution in [-0.4, -0.2) is 50.8 Å². The number of rotatable bonds is 6. The van der Waals surface area contributed by atoms with Crippen LogP contribution in [0.3, 0.4) is 0 Å². The van der Waals surface area contributed by atoms with Crippen molar-refractivity contribution >= 4 is 28.6 Å². The number of aromatic nitrogens is 3. The number of fused-ring (bicyclic) bond motifs is 2. The molecule has 0 aliphatic carbocycles. The summed E-state index contributed by atoms with van der Waals surface area (Å²) in [6.07, 6.45) is 1.84. The van der Waals surface area contributed by atoms with Crippen molar-refractivity contribution in [1.29, 1.82) is 0 Å². The molecule has 1 atom stereocenters. The normalized spacial score (nSPS) is 17.4. The number of para-hydroxylation sites is 2. The number of anilines is 2. The van der Waals surface area contributed by atoms with Crippen LogP contribution >= 0.6 is 0 Å². The number of pyridine rings is 1. The Kier molecular flexibility index (Phi) is 7.92. The SMILES string of the molecule is Cc1nc(C)c([C@H](OC(C)(C)C)C(=O)O)c(N2CCC(C)(C)CC2)c1-c1ccc2c(c1)CCN(c1nc3ccccc3n1C)C2. The number of carboxylic acids is 1. The molecule has 2 aliphatic heterocycles. The number of aliphatic carboxylic acids is 1. The Morgan fingerprint density at radius 3 is 2.33 bits per heavy atom. The van der Waals surface area contributed by atoms with Gasteiger partial charge in [0.2, 0.25) is 5.95 Å². The molecule has 2 aromatic carbocycles. The van der Waals surface area contributed by atoms with E-state index in [1.54, 1.807) is 0 Å². The van der Waals surface area contributed by atoms with E-state index in [2.05, 4.69) is 78.6 Å². The van der Waals surface area contributed by atoms with E-state index in [4.69, 9.17) is 14.7 Å². The zero-order chi connectivity index (χ0) is 32.3. The lowest BCUT2D eigenvalue weighted by atomic mass is 9.81. The Labute approximate surface area is 267 Å². The number of carbonyl (C=O) groups is 1. The topological polar surface area (TPSA) is 83.7 Å². The number of aryl methyl sites for hydroxylation is 3. The largest absolute Gasteiger partial charge is 0.479 e. The minimum absolute atomic E-state index is 0.249. The Hall–Kier alpha value is -3.91. The van der Waals surface area contributed by atoms with Crippen molar-refractivity contribution in [3.63, 3.8) is 0 Å². The second kappa shape index (κ2) is 11.5. The number of piperidine rings is 1. The second-order valence-corrected chi connectivity index (χ2v) is 14.6. The van der Waals surface area contributed by atoms with Crippen LogP contribution in [0.2, 0.25) is 0 Å². The maximum Gasteiger partial charge on any atom is 0.337 e. The molecule has 238 valence electrons. The van der Waals surface area contributed by atoms with E-state index in [0.717, 1.165) is 84.9 Å². The lowest BCUT2D eigenvalue weighted by Crippen LogP contribution is -2.39. The average Bonchev–Trinajstić information content (AvgIpc) is 3.31. The molecule has 1 fully saturated rings. The number of hydrogen-bond donors (Lipinski definition) is 1. The van der Waals surface area contributed by atoms with Crippen molar-refractivity contribution in [1.82, 2.24) is 14.5 Å². The number of benzene rings is 2. The van der Waals surface area contributed by atoms with Crippen LogP contribution in [0, 0.1) is 19.3 Å². The highest BCUT2D eigenvalue weighted by Gasteiger charge is 2.36. The molecule has 0 spiro atoms. The molecule has 0 saturated carbocycles. The smallest absolute Gasteiger partial charge is 0.337 e. The van der Waals surface area contributed by atoms with E-state index in [1.807, 2.05) is 33.8 Å². The fourth-order valence-electron chi connectivity index (χ4n) is 7.05. The van der Waals surface area contributed by atoms with E-state index in [1.165, 1.54) is 11.1 Å². The predicted molar refractivity (Wildman–Crippen MR) is 181 cm³/mol. The molecule has 6 rings (SSSR count). The van der Waals surface area contributed by atoms with Crippen molar-refractivity contribution in [2.75, 3.05) is 29.4 Å². The summed E-state index contributed by atoms with van der Waals surface area (Å²) in [7, 11) is 2.09. The van der Waals surface area contributed by atoms with Crippen molar-refractivity contribution in [2.45, 2.75) is 86.0 Å². The van der Waals surface area contributed by atoms with Crippen molar-refractivity contribution in [3.05, 3.63) is 70.5 Å². The summed E-state index contributed by atoms with van der Waals surface area (Å²) >= 11 is 0. The molecule has 4 aromatic rings. The highest BCUT2D eigenvalue weighted by atomic mass is 16.5. The van der Waals surface area contributed by atoms with Crippen LogP contribution in [0.15, 0.2) is 42.5 Å². The molecule has 4 heterocycles. The fraction of sp³-hybridized carbons (Fsp3) is 0.486. The lowest BCUT2D eigenvalue weighted by molar-refractivity contribution is -0.160. The molecule has 45 heavy (non-hydrogen) atoms. The van der Waals surface area contributed by atoms with Gasteiger partial charge in [0.1, 0.15) is 0 Å². The number of nitrogens with zero attached hydrogens (tertiary/aromatic N) is 5. The van der Waals surface area contributed by atoms with Crippen molar-refractivity contribution in [3.8, 4) is 11.1 Å². The van der Waals surface area contributed by atoms with Gasteiger partial charge in [-0.1, -0.05) is 44.2 Å². The molecule has 2 aromatic heterocycles. The minimum atomic E-state index is -1.12. The predicted octanol–water partition coefficient (Wildman–Crippen LogP) is 7.38. The first kappa shape index (κ1) is 31.1. The third-order valence-electron chi connectivity index (χ3n) is 9.52. The summed E-state index contributed by atoms with van der Waals surface area (Å²) in [6.45, 7) is 17.7. The van der Waals surface area contributed by atoms with Crippen LogP contribution in [0.1, 0.15) is 81.6 Å². The first-order chi connectivity index (χ1) is 21.2. The molecular formula is C37H47N5O3. The monoisotopic (exact) mass is 609 g/mol. The Balaban J connectivity index is 1.43. The molecule has 8 heteroatoms. The Morgan fingerprint density at radius 2 is 1.67 bits per heavy atom.